The van der Waals surface area contributed by atoms with Crippen LogP contribution in [0.4, 0.5) is 8.78 Å². The molecule has 1 aromatic carbocycles. The Morgan fingerprint density at radius 2 is 1.94 bits per heavy atom. The van der Waals surface area contributed by atoms with Gasteiger partial charge in [0.2, 0.25) is 5.43 Å². The highest BCUT2D eigenvalue weighted by Crippen LogP contribution is 2.38. The third-order valence-corrected chi connectivity index (χ3v) is 6.08. The molecular weight excluding hydrogens is 412 g/mol. The quantitative estimate of drug-likeness (QED) is 0.767. The normalized spacial score (nSPS) is 24.0. The van der Waals surface area contributed by atoms with E-state index in [2.05, 4.69) is 5.32 Å². The van der Waals surface area contributed by atoms with Crippen LogP contribution in [-0.2, 0) is 17.8 Å². The summed E-state index contributed by atoms with van der Waals surface area (Å²) in [4.78, 5) is 39.8. The van der Waals surface area contributed by atoms with E-state index in [0.29, 0.717) is 6.07 Å². The van der Waals surface area contributed by atoms with Crippen LogP contribution in [-0.4, -0.2) is 44.8 Å². The average molecular weight is 431 g/mol. The molecule has 1 saturated heterocycles. The average Bonchev–Trinajstić information content (AvgIpc) is 3.08. The maximum Gasteiger partial charge on any atom is 0.276 e. The Hall–Kier alpha value is -3.27. The second-order valence-corrected chi connectivity index (χ2v) is 8.07. The lowest BCUT2D eigenvalue weighted by Crippen LogP contribution is -2.57. The molecule has 1 aromatic heterocycles. The van der Waals surface area contributed by atoms with E-state index in [1.165, 1.54) is 10.8 Å². The van der Waals surface area contributed by atoms with Crippen molar-refractivity contribution in [2.24, 2.45) is 0 Å². The number of rotatable bonds is 3. The highest BCUT2D eigenvalue weighted by molar-refractivity contribution is 5.99. The minimum atomic E-state index is -0.983. The molecule has 0 spiro atoms. The number of fused-ring (bicyclic) bond motifs is 5. The molecule has 5 rings (SSSR count). The second kappa shape index (κ2) is 7.16. The monoisotopic (exact) mass is 431 g/mol. The molecule has 1 saturated carbocycles. The summed E-state index contributed by atoms with van der Waals surface area (Å²) in [6.07, 6.45) is 3.14. The number of nitrogens with zero attached hydrogens (tertiary/aromatic N) is 2. The lowest BCUT2D eigenvalue weighted by atomic mass is 10.1. The maximum atomic E-state index is 13.3. The molecule has 3 unspecified atom stereocenters. The van der Waals surface area contributed by atoms with Crippen LogP contribution in [0, 0.1) is 11.6 Å². The molecular formula is C21H19F2N3O5. The van der Waals surface area contributed by atoms with Gasteiger partial charge in [-0.15, -0.1) is 0 Å². The van der Waals surface area contributed by atoms with Crippen molar-refractivity contribution < 1.29 is 28.2 Å². The van der Waals surface area contributed by atoms with Crippen LogP contribution in [0.2, 0.25) is 0 Å². The molecule has 162 valence electrons. The van der Waals surface area contributed by atoms with E-state index in [-0.39, 0.29) is 42.1 Å². The Morgan fingerprint density at radius 3 is 2.68 bits per heavy atom. The predicted molar refractivity (Wildman–Crippen MR) is 102 cm³/mol. The van der Waals surface area contributed by atoms with E-state index in [4.69, 9.17) is 4.74 Å². The standard InChI is InChI=1S/C21H19F2N3O5/c22-11-3-10(4-12(23)5-11)7-24-20(29)15-8-25-9-16-26(13-1-2-14(6-13)31-16)21(30)17(25)19(28)18(15)27/h3-5,8,13-14,16,28H,1-2,6-7,9H2,(H,24,29). The third-order valence-electron chi connectivity index (χ3n) is 6.08. The summed E-state index contributed by atoms with van der Waals surface area (Å²) in [5.41, 5.74) is -1.36. The van der Waals surface area contributed by atoms with Crippen molar-refractivity contribution in [3.63, 3.8) is 0 Å². The van der Waals surface area contributed by atoms with Gasteiger partial charge in [0.1, 0.15) is 17.2 Å². The smallest absolute Gasteiger partial charge is 0.276 e. The summed E-state index contributed by atoms with van der Waals surface area (Å²) in [6, 6.07) is 2.83. The topological polar surface area (TPSA) is 101 Å². The van der Waals surface area contributed by atoms with Gasteiger partial charge >= 0.3 is 0 Å². The van der Waals surface area contributed by atoms with E-state index in [0.717, 1.165) is 31.4 Å². The maximum absolute atomic E-state index is 13.3. The van der Waals surface area contributed by atoms with Crippen LogP contribution < -0.4 is 10.7 Å². The number of carbonyl (C=O) groups excluding carboxylic acids is 2. The van der Waals surface area contributed by atoms with E-state index in [1.54, 1.807) is 4.90 Å². The van der Waals surface area contributed by atoms with Crippen molar-refractivity contribution in [2.45, 2.75) is 50.7 Å². The van der Waals surface area contributed by atoms with Crippen molar-refractivity contribution in [3.05, 3.63) is 63.1 Å². The molecule has 2 fully saturated rings. The summed E-state index contributed by atoms with van der Waals surface area (Å²) in [5.74, 6) is -3.72. The zero-order chi connectivity index (χ0) is 21.9. The van der Waals surface area contributed by atoms with Crippen molar-refractivity contribution in [3.8, 4) is 5.75 Å². The molecule has 2 aromatic rings. The second-order valence-electron chi connectivity index (χ2n) is 8.07. The molecule has 2 amide bonds. The first-order valence-electron chi connectivity index (χ1n) is 9.99. The van der Waals surface area contributed by atoms with Gasteiger partial charge in [-0.05, 0) is 37.0 Å². The summed E-state index contributed by atoms with van der Waals surface area (Å²) in [7, 11) is 0. The number of nitrogens with one attached hydrogen (secondary N) is 1. The number of amides is 2. The van der Waals surface area contributed by atoms with Crippen molar-refractivity contribution >= 4 is 11.8 Å². The van der Waals surface area contributed by atoms with E-state index in [9.17, 15) is 28.3 Å². The lowest BCUT2D eigenvalue weighted by Gasteiger charge is -2.44. The largest absolute Gasteiger partial charge is 0.503 e. The molecule has 31 heavy (non-hydrogen) atoms. The Labute approximate surface area is 175 Å². The SMILES string of the molecule is O=C(NCc1cc(F)cc(F)c1)c1cn2c(c(O)c1=O)C(=O)N1C3CCC(C3)OC1C2. The third kappa shape index (κ3) is 3.27. The highest BCUT2D eigenvalue weighted by Gasteiger charge is 2.47. The van der Waals surface area contributed by atoms with E-state index < -0.39 is 40.9 Å². The van der Waals surface area contributed by atoms with E-state index >= 15 is 0 Å². The summed E-state index contributed by atoms with van der Waals surface area (Å²) < 4.78 is 34.0. The summed E-state index contributed by atoms with van der Waals surface area (Å²) >= 11 is 0. The molecule has 10 heteroatoms. The Bertz CT molecular complexity index is 1140. The van der Waals surface area contributed by atoms with Crippen LogP contribution in [0.1, 0.15) is 45.7 Å². The number of pyridine rings is 1. The Morgan fingerprint density at radius 1 is 1.19 bits per heavy atom. The molecule has 0 radical (unpaired) electrons. The van der Waals surface area contributed by atoms with Crippen molar-refractivity contribution in [1.82, 2.24) is 14.8 Å². The van der Waals surface area contributed by atoms with Gasteiger partial charge in [-0.2, -0.15) is 0 Å². The molecule has 8 nitrogen and oxygen atoms in total. The number of benzene rings is 1. The molecule has 2 bridgehead atoms. The van der Waals surface area contributed by atoms with Crippen molar-refractivity contribution in [2.75, 3.05) is 0 Å². The van der Waals surface area contributed by atoms with Gasteiger partial charge in [0, 0.05) is 24.8 Å². The fourth-order valence-electron chi connectivity index (χ4n) is 4.71. The van der Waals surface area contributed by atoms with Gasteiger partial charge in [-0.3, -0.25) is 14.4 Å². The number of carbonyl (C=O) groups is 2. The highest BCUT2D eigenvalue weighted by atomic mass is 19.1. The minimum absolute atomic E-state index is 0.00846. The molecule has 2 N–H and O–H groups in total. The van der Waals surface area contributed by atoms with Crippen molar-refractivity contribution in [1.29, 1.82) is 0 Å². The fourth-order valence-corrected chi connectivity index (χ4v) is 4.71. The number of aromatic hydroxyl groups is 1. The Balaban J connectivity index is 1.43. The van der Waals surface area contributed by atoms with Gasteiger partial charge < -0.3 is 24.6 Å². The molecule has 3 atom stereocenters. The minimum Gasteiger partial charge on any atom is -0.503 e. The number of aromatic nitrogens is 1. The van der Waals surface area contributed by atoms with Crippen LogP contribution in [0.15, 0.2) is 29.2 Å². The number of hydrogen-bond acceptors (Lipinski definition) is 5. The number of halogens is 2. The first kappa shape index (κ1) is 19.7. The van der Waals surface area contributed by atoms with Gasteiger partial charge in [0.25, 0.3) is 11.8 Å². The Kier molecular flexibility index (Phi) is 4.54. The van der Waals surface area contributed by atoms with Crippen LogP contribution in [0.25, 0.3) is 0 Å². The molecule has 3 aliphatic rings. The predicted octanol–water partition coefficient (Wildman–Crippen LogP) is 1.50. The summed E-state index contributed by atoms with van der Waals surface area (Å²) in [6.45, 7) is -0.0471. The van der Waals surface area contributed by atoms with Gasteiger partial charge in [0.15, 0.2) is 17.7 Å². The first-order chi connectivity index (χ1) is 14.8. The van der Waals surface area contributed by atoms with Crippen LogP contribution >= 0.6 is 0 Å². The fraction of sp³-hybridized carbons (Fsp3) is 0.381. The zero-order valence-electron chi connectivity index (χ0n) is 16.3. The van der Waals surface area contributed by atoms with E-state index in [1.807, 2.05) is 0 Å². The first-order valence-corrected chi connectivity index (χ1v) is 9.99. The van der Waals surface area contributed by atoms with Gasteiger partial charge in [-0.1, -0.05) is 0 Å². The van der Waals surface area contributed by atoms with Gasteiger partial charge in [0.05, 0.1) is 12.6 Å². The van der Waals surface area contributed by atoms with Crippen LogP contribution in [0.5, 0.6) is 5.75 Å². The number of hydrogen-bond donors (Lipinski definition) is 2. The molecule has 1 aliphatic carbocycles. The molecule has 3 heterocycles. The molecule has 2 aliphatic heterocycles. The van der Waals surface area contributed by atoms with Crippen LogP contribution in [0.3, 0.4) is 0 Å². The number of ether oxygens (including phenoxy) is 1. The summed E-state index contributed by atoms with van der Waals surface area (Å²) in [5, 5.41) is 12.9. The van der Waals surface area contributed by atoms with Gasteiger partial charge in [-0.25, -0.2) is 8.78 Å². The zero-order valence-corrected chi connectivity index (χ0v) is 16.3. The lowest BCUT2D eigenvalue weighted by molar-refractivity contribution is -0.132.